The van der Waals surface area contributed by atoms with Gasteiger partial charge in [-0.1, -0.05) is 17.7 Å². The monoisotopic (exact) mass is 237 g/mol. The number of hydrogen-bond donors (Lipinski definition) is 2. The van der Waals surface area contributed by atoms with Crippen LogP contribution in [0.1, 0.15) is 23.6 Å². The van der Waals surface area contributed by atoms with E-state index < -0.39 is 0 Å². The summed E-state index contributed by atoms with van der Waals surface area (Å²) < 4.78 is 5.69. The highest BCUT2D eigenvalue weighted by Crippen LogP contribution is 2.27. The highest BCUT2D eigenvalue weighted by atomic mass is 16.5. The van der Waals surface area contributed by atoms with Gasteiger partial charge in [-0.25, -0.2) is 0 Å². The molecule has 3 heteroatoms. The van der Waals surface area contributed by atoms with E-state index in [1.165, 1.54) is 5.56 Å². The summed E-state index contributed by atoms with van der Waals surface area (Å²) >= 11 is 0. The van der Waals surface area contributed by atoms with Gasteiger partial charge in [-0.15, -0.1) is 0 Å². The van der Waals surface area contributed by atoms with Crippen LogP contribution in [-0.2, 0) is 6.42 Å². The van der Waals surface area contributed by atoms with Gasteiger partial charge < -0.3 is 15.6 Å². The van der Waals surface area contributed by atoms with Gasteiger partial charge in [0.2, 0.25) is 0 Å². The number of hydrogen-bond acceptors (Lipinski definition) is 3. The van der Waals surface area contributed by atoms with Crippen molar-refractivity contribution in [2.75, 3.05) is 19.8 Å². The maximum atomic E-state index is 9.23. The largest absolute Gasteiger partial charge is 0.493 e. The van der Waals surface area contributed by atoms with Gasteiger partial charge in [-0.3, -0.25) is 0 Å². The zero-order chi connectivity index (χ0) is 12.8. The minimum atomic E-state index is 0.107. The van der Waals surface area contributed by atoms with Crippen molar-refractivity contribution in [1.29, 1.82) is 0 Å². The van der Waals surface area contributed by atoms with Crippen LogP contribution in [0.4, 0.5) is 0 Å². The lowest BCUT2D eigenvalue weighted by Crippen LogP contribution is -2.21. The van der Waals surface area contributed by atoms with Crippen molar-refractivity contribution >= 4 is 0 Å². The van der Waals surface area contributed by atoms with Gasteiger partial charge in [0.15, 0.2) is 0 Å². The van der Waals surface area contributed by atoms with Gasteiger partial charge in [-0.2, -0.15) is 0 Å². The highest BCUT2D eigenvalue weighted by molar-refractivity contribution is 5.44. The molecule has 0 radical (unpaired) electrons. The summed E-state index contributed by atoms with van der Waals surface area (Å²) in [5, 5.41) is 9.23. The molecule has 1 aromatic rings. The summed E-state index contributed by atoms with van der Waals surface area (Å²) in [6, 6.07) is 4.24. The van der Waals surface area contributed by atoms with Crippen LogP contribution in [0.15, 0.2) is 12.1 Å². The van der Waals surface area contributed by atoms with Crippen molar-refractivity contribution in [3.05, 3.63) is 28.8 Å². The van der Waals surface area contributed by atoms with Crippen molar-refractivity contribution in [2.24, 2.45) is 11.7 Å². The van der Waals surface area contributed by atoms with Gasteiger partial charge in [0.1, 0.15) is 5.75 Å². The summed E-state index contributed by atoms with van der Waals surface area (Å²) in [5.74, 6) is 1.06. The second-order valence-corrected chi connectivity index (χ2v) is 4.49. The van der Waals surface area contributed by atoms with Crippen molar-refractivity contribution in [3.63, 3.8) is 0 Å². The molecule has 1 unspecified atom stereocenters. The summed E-state index contributed by atoms with van der Waals surface area (Å²) in [5.41, 5.74) is 9.14. The maximum absolute atomic E-state index is 9.23. The molecule has 3 nitrogen and oxygen atoms in total. The number of aryl methyl sites for hydroxylation is 2. The topological polar surface area (TPSA) is 55.5 Å². The molecule has 1 rings (SSSR count). The molecule has 0 amide bonds. The Morgan fingerprint density at radius 1 is 1.35 bits per heavy atom. The van der Waals surface area contributed by atoms with Gasteiger partial charge in [0.05, 0.1) is 6.61 Å². The fourth-order valence-electron chi connectivity index (χ4n) is 2.08. The Hall–Kier alpha value is -1.06. The molecule has 0 aliphatic rings. The summed E-state index contributed by atoms with van der Waals surface area (Å²) in [6.45, 7) is 7.38. The average Bonchev–Trinajstić information content (AvgIpc) is 2.30. The first-order valence-corrected chi connectivity index (χ1v) is 6.16. The molecule has 0 saturated heterocycles. The van der Waals surface area contributed by atoms with E-state index in [4.69, 9.17) is 10.5 Å². The van der Waals surface area contributed by atoms with E-state index in [1.54, 1.807) is 0 Å². The lowest BCUT2D eigenvalue weighted by atomic mass is 9.96. The predicted octanol–water partition coefficient (Wildman–Crippen LogP) is 1.81. The molecule has 0 spiro atoms. The quantitative estimate of drug-likeness (QED) is 0.793. The average molecular weight is 237 g/mol. The Morgan fingerprint density at radius 3 is 2.59 bits per heavy atom. The second kappa shape index (κ2) is 6.62. The lowest BCUT2D eigenvalue weighted by molar-refractivity contribution is 0.228. The third kappa shape index (κ3) is 3.72. The minimum absolute atomic E-state index is 0.107. The molecule has 17 heavy (non-hydrogen) atoms. The van der Waals surface area contributed by atoms with E-state index in [2.05, 4.69) is 26.0 Å². The maximum Gasteiger partial charge on any atom is 0.125 e. The van der Waals surface area contributed by atoms with Crippen LogP contribution >= 0.6 is 0 Å². The molecule has 0 aliphatic heterocycles. The number of ether oxygens (including phenoxy) is 1. The van der Waals surface area contributed by atoms with Crippen LogP contribution in [0.2, 0.25) is 0 Å². The van der Waals surface area contributed by atoms with Crippen LogP contribution < -0.4 is 10.5 Å². The molecule has 0 heterocycles. The number of rotatable bonds is 6. The molecular weight excluding hydrogens is 214 g/mol. The number of benzene rings is 1. The molecule has 0 fully saturated rings. The van der Waals surface area contributed by atoms with E-state index in [9.17, 15) is 5.11 Å². The standard InChI is InChI=1S/C14H23NO2/c1-4-17-14-11(3)5-10(2)6-13(14)7-12(8-15)9-16/h5-6,12,16H,4,7-9,15H2,1-3H3. The zero-order valence-electron chi connectivity index (χ0n) is 11.0. The van der Waals surface area contributed by atoms with Gasteiger partial charge >= 0.3 is 0 Å². The molecule has 3 N–H and O–H groups in total. The minimum Gasteiger partial charge on any atom is -0.493 e. The Morgan fingerprint density at radius 2 is 2.06 bits per heavy atom. The SMILES string of the molecule is CCOc1c(C)cc(C)cc1CC(CN)CO. The van der Waals surface area contributed by atoms with Gasteiger partial charge in [0, 0.05) is 6.61 Å². The third-order valence-corrected chi connectivity index (χ3v) is 2.88. The van der Waals surface area contributed by atoms with Crippen LogP contribution in [0.3, 0.4) is 0 Å². The van der Waals surface area contributed by atoms with Crippen molar-refractivity contribution < 1.29 is 9.84 Å². The fourth-order valence-corrected chi connectivity index (χ4v) is 2.08. The molecule has 0 aromatic heterocycles. The molecule has 0 saturated carbocycles. The van der Waals surface area contributed by atoms with Crippen LogP contribution in [0, 0.1) is 19.8 Å². The number of aliphatic hydroxyl groups is 1. The summed E-state index contributed by atoms with van der Waals surface area (Å²) in [7, 11) is 0. The first-order valence-electron chi connectivity index (χ1n) is 6.16. The van der Waals surface area contributed by atoms with Crippen molar-refractivity contribution in [3.8, 4) is 5.75 Å². The first kappa shape index (κ1) is 14.0. The molecule has 1 aromatic carbocycles. The second-order valence-electron chi connectivity index (χ2n) is 4.49. The van der Waals surface area contributed by atoms with E-state index in [0.717, 1.165) is 23.3 Å². The Labute approximate surface area is 104 Å². The van der Waals surface area contributed by atoms with Crippen LogP contribution in [-0.4, -0.2) is 24.9 Å². The number of nitrogens with two attached hydrogens (primary N) is 1. The molecule has 0 bridgehead atoms. The molecule has 1 atom stereocenters. The van der Waals surface area contributed by atoms with Crippen LogP contribution in [0.25, 0.3) is 0 Å². The van der Waals surface area contributed by atoms with E-state index in [0.29, 0.717) is 13.2 Å². The van der Waals surface area contributed by atoms with Crippen molar-refractivity contribution in [2.45, 2.75) is 27.2 Å². The Kier molecular flexibility index (Phi) is 5.45. The van der Waals surface area contributed by atoms with Crippen molar-refractivity contribution in [1.82, 2.24) is 0 Å². The number of aliphatic hydroxyl groups excluding tert-OH is 1. The normalized spacial score (nSPS) is 12.5. The highest BCUT2D eigenvalue weighted by Gasteiger charge is 2.13. The predicted molar refractivity (Wildman–Crippen MR) is 70.4 cm³/mol. The zero-order valence-corrected chi connectivity index (χ0v) is 11.0. The van der Waals surface area contributed by atoms with Crippen LogP contribution in [0.5, 0.6) is 5.75 Å². The molecular formula is C14H23NO2. The Balaban J connectivity index is 3.02. The molecule has 96 valence electrons. The summed E-state index contributed by atoms with van der Waals surface area (Å²) in [6.07, 6.45) is 0.769. The fraction of sp³-hybridized carbons (Fsp3) is 0.571. The first-order chi connectivity index (χ1) is 8.12. The third-order valence-electron chi connectivity index (χ3n) is 2.88. The van der Waals surface area contributed by atoms with E-state index in [-0.39, 0.29) is 12.5 Å². The lowest BCUT2D eigenvalue weighted by Gasteiger charge is -2.17. The van der Waals surface area contributed by atoms with Gasteiger partial charge in [-0.05, 0) is 50.8 Å². The van der Waals surface area contributed by atoms with E-state index in [1.807, 2.05) is 6.92 Å². The summed E-state index contributed by atoms with van der Waals surface area (Å²) in [4.78, 5) is 0. The van der Waals surface area contributed by atoms with E-state index >= 15 is 0 Å². The Bertz CT molecular complexity index is 359. The van der Waals surface area contributed by atoms with Gasteiger partial charge in [0.25, 0.3) is 0 Å². The smallest absolute Gasteiger partial charge is 0.125 e. The molecule has 0 aliphatic carbocycles.